The summed E-state index contributed by atoms with van der Waals surface area (Å²) in [6.07, 6.45) is 2.51. The molecule has 1 N–H and O–H groups in total. The molecule has 8 nitrogen and oxygen atoms in total. The van der Waals surface area contributed by atoms with Gasteiger partial charge in [-0.1, -0.05) is 0 Å². The number of carbonyl (C=O) groups excluding carboxylic acids is 2. The monoisotopic (exact) mass is 405 g/mol. The number of aliphatic hydroxyl groups is 1. The molecule has 0 unspecified atom stereocenters. The van der Waals surface area contributed by atoms with Crippen molar-refractivity contribution in [2.24, 2.45) is 11.8 Å². The standard InChI is InChI=1S/C21H31N3O5/c1-2-28-21(27)16-10-22(14-19-4-3-7-29-19)12-17-13-24(6-5-23(17)11-16)20(26)15-8-18(25)9-15/h3-4,7,15-18,25H,2,5-6,8-14H2,1H3/t15?,16-,17+,18?/m0/s1. The lowest BCUT2D eigenvalue weighted by Crippen LogP contribution is -2.59. The van der Waals surface area contributed by atoms with Crippen LogP contribution in [-0.4, -0.2) is 89.7 Å². The minimum absolute atomic E-state index is 0.0335. The van der Waals surface area contributed by atoms with Gasteiger partial charge in [0.1, 0.15) is 5.76 Å². The molecular formula is C21H31N3O5. The quantitative estimate of drug-likeness (QED) is 0.716. The maximum Gasteiger partial charge on any atom is 0.311 e. The summed E-state index contributed by atoms with van der Waals surface area (Å²) in [4.78, 5) is 31.8. The predicted octanol–water partition coefficient (Wildman–Crippen LogP) is 0.558. The van der Waals surface area contributed by atoms with Crippen LogP contribution in [0.25, 0.3) is 0 Å². The van der Waals surface area contributed by atoms with Gasteiger partial charge in [0.15, 0.2) is 0 Å². The third-order valence-corrected chi connectivity index (χ3v) is 6.36. The molecule has 4 rings (SSSR count). The van der Waals surface area contributed by atoms with Gasteiger partial charge in [-0.25, -0.2) is 0 Å². The molecule has 2 atom stereocenters. The van der Waals surface area contributed by atoms with Crippen LogP contribution >= 0.6 is 0 Å². The number of rotatable bonds is 5. The van der Waals surface area contributed by atoms with Gasteiger partial charge in [-0.05, 0) is 31.9 Å². The molecule has 3 aliphatic rings. The second kappa shape index (κ2) is 8.85. The third-order valence-electron chi connectivity index (χ3n) is 6.36. The zero-order chi connectivity index (χ0) is 20.4. The second-order valence-electron chi connectivity index (χ2n) is 8.48. The molecule has 160 valence electrons. The van der Waals surface area contributed by atoms with E-state index in [0.717, 1.165) is 18.8 Å². The van der Waals surface area contributed by atoms with Crippen LogP contribution in [0.5, 0.6) is 0 Å². The number of fused-ring (bicyclic) bond motifs is 1. The molecule has 1 aromatic rings. The highest BCUT2D eigenvalue weighted by molar-refractivity contribution is 5.80. The van der Waals surface area contributed by atoms with Crippen LogP contribution in [0.1, 0.15) is 25.5 Å². The zero-order valence-corrected chi connectivity index (χ0v) is 17.0. The van der Waals surface area contributed by atoms with Crippen molar-refractivity contribution in [3.05, 3.63) is 24.2 Å². The van der Waals surface area contributed by atoms with Crippen molar-refractivity contribution >= 4 is 11.9 Å². The lowest BCUT2D eigenvalue weighted by Gasteiger charge is -2.44. The maximum atomic E-state index is 12.8. The first-order chi connectivity index (χ1) is 14.0. The number of amides is 1. The van der Waals surface area contributed by atoms with E-state index >= 15 is 0 Å². The first kappa shape index (κ1) is 20.4. The van der Waals surface area contributed by atoms with E-state index in [2.05, 4.69) is 9.80 Å². The molecular weight excluding hydrogens is 374 g/mol. The Kier molecular flexibility index (Phi) is 6.22. The fraction of sp³-hybridized carbons (Fsp3) is 0.714. The lowest BCUT2D eigenvalue weighted by molar-refractivity contribution is -0.150. The fourth-order valence-corrected chi connectivity index (χ4v) is 4.74. The number of ether oxygens (including phenoxy) is 1. The minimum Gasteiger partial charge on any atom is -0.468 e. The van der Waals surface area contributed by atoms with Crippen molar-refractivity contribution in [3.8, 4) is 0 Å². The summed E-state index contributed by atoms with van der Waals surface area (Å²) in [6.45, 7) is 7.00. The zero-order valence-electron chi connectivity index (χ0n) is 17.0. The number of nitrogens with zero attached hydrogens (tertiary/aromatic N) is 3. The van der Waals surface area contributed by atoms with Crippen LogP contribution in [-0.2, 0) is 20.9 Å². The van der Waals surface area contributed by atoms with E-state index in [1.165, 1.54) is 0 Å². The Morgan fingerprint density at radius 2 is 2.00 bits per heavy atom. The van der Waals surface area contributed by atoms with Gasteiger partial charge in [-0.3, -0.25) is 19.4 Å². The van der Waals surface area contributed by atoms with E-state index < -0.39 is 0 Å². The molecule has 1 aromatic heterocycles. The Morgan fingerprint density at radius 1 is 1.17 bits per heavy atom. The molecule has 3 fully saturated rings. The average molecular weight is 405 g/mol. The highest BCUT2D eigenvalue weighted by Gasteiger charge is 2.41. The van der Waals surface area contributed by atoms with Crippen molar-refractivity contribution in [3.63, 3.8) is 0 Å². The predicted molar refractivity (Wildman–Crippen MR) is 105 cm³/mol. The summed E-state index contributed by atoms with van der Waals surface area (Å²) in [5.74, 6) is 0.638. The summed E-state index contributed by atoms with van der Waals surface area (Å²) in [6, 6.07) is 3.99. The molecule has 2 saturated heterocycles. The number of esters is 1. The molecule has 8 heteroatoms. The molecule has 1 saturated carbocycles. The number of hydrogen-bond donors (Lipinski definition) is 1. The Bertz CT molecular complexity index is 703. The van der Waals surface area contributed by atoms with Crippen LogP contribution in [0.3, 0.4) is 0 Å². The average Bonchev–Trinajstić information content (AvgIpc) is 3.11. The molecule has 0 spiro atoms. The fourth-order valence-electron chi connectivity index (χ4n) is 4.74. The lowest BCUT2D eigenvalue weighted by atomic mass is 9.81. The van der Waals surface area contributed by atoms with E-state index in [-0.39, 0.29) is 35.9 Å². The molecule has 29 heavy (non-hydrogen) atoms. The Hall–Kier alpha value is -1.90. The van der Waals surface area contributed by atoms with E-state index in [1.807, 2.05) is 24.0 Å². The second-order valence-corrected chi connectivity index (χ2v) is 8.48. The molecule has 1 aliphatic carbocycles. The summed E-state index contributed by atoms with van der Waals surface area (Å²) >= 11 is 0. The summed E-state index contributed by atoms with van der Waals surface area (Å²) in [5.41, 5.74) is 0. The molecule has 0 radical (unpaired) electrons. The minimum atomic E-state index is -0.322. The van der Waals surface area contributed by atoms with Crippen LogP contribution in [0, 0.1) is 11.8 Å². The van der Waals surface area contributed by atoms with E-state index in [9.17, 15) is 14.7 Å². The molecule has 0 aromatic carbocycles. The summed E-state index contributed by atoms with van der Waals surface area (Å²) < 4.78 is 10.8. The first-order valence-electron chi connectivity index (χ1n) is 10.7. The molecule has 0 bridgehead atoms. The Balaban J connectivity index is 1.45. The van der Waals surface area contributed by atoms with Gasteiger partial charge in [0.2, 0.25) is 5.91 Å². The number of hydrogen-bond acceptors (Lipinski definition) is 7. The largest absolute Gasteiger partial charge is 0.468 e. The SMILES string of the molecule is CCOC(=O)[C@H]1CN(Cc2ccco2)C[C@@H]2CN(C(=O)C3CC(O)C3)CCN2C1. The van der Waals surface area contributed by atoms with E-state index in [4.69, 9.17) is 9.15 Å². The number of aliphatic hydroxyl groups excluding tert-OH is 1. The van der Waals surface area contributed by atoms with Crippen molar-refractivity contribution in [1.29, 1.82) is 0 Å². The van der Waals surface area contributed by atoms with Crippen molar-refractivity contribution < 1.29 is 23.8 Å². The highest BCUT2D eigenvalue weighted by atomic mass is 16.5. The molecule has 1 amide bonds. The highest BCUT2D eigenvalue weighted by Crippen LogP contribution is 2.30. The van der Waals surface area contributed by atoms with Crippen LogP contribution in [0.2, 0.25) is 0 Å². The number of furan rings is 1. The van der Waals surface area contributed by atoms with Gasteiger partial charge in [-0.15, -0.1) is 0 Å². The molecule has 2 aliphatic heterocycles. The van der Waals surface area contributed by atoms with E-state index in [0.29, 0.717) is 52.2 Å². The van der Waals surface area contributed by atoms with Gasteiger partial charge in [0.05, 0.1) is 31.4 Å². The number of piperazine rings is 1. The van der Waals surface area contributed by atoms with Crippen molar-refractivity contribution in [1.82, 2.24) is 14.7 Å². The topological polar surface area (TPSA) is 86.5 Å². The summed E-state index contributed by atoms with van der Waals surface area (Å²) in [5, 5.41) is 9.53. The van der Waals surface area contributed by atoms with Crippen LogP contribution in [0.4, 0.5) is 0 Å². The normalized spacial score (nSPS) is 30.9. The third kappa shape index (κ3) is 4.65. The first-order valence-corrected chi connectivity index (χ1v) is 10.7. The van der Waals surface area contributed by atoms with Crippen molar-refractivity contribution in [2.45, 2.75) is 38.5 Å². The van der Waals surface area contributed by atoms with Gasteiger partial charge < -0.3 is 19.2 Å². The van der Waals surface area contributed by atoms with Crippen LogP contribution in [0.15, 0.2) is 22.8 Å². The summed E-state index contributed by atoms with van der Waals surface area (Å²) in [7, 11) is 0. The van der Waals surface area contributed by atoms with Crippen molar-refractivity contribution in [2.75, 3.05) is 45.9 Å². The Morgan fingerprint density at radius 3 is 2.69 bits per heavy atom. The Labute approximate surface area is 171 Å². The number of carbonyl (C=O) groups is 2. The maximum absolute atomic E-state index is 12.8. The van der Waals surface area contributed by atoms with Crippen LogP contribution < -0.4 is 0 Å². The van der Waals surface area contributed by atoms with Gasteiger partial charge in [-0.2, -0.15) is 0 Å². The van der Waals surface area contributed by atoms with Gasteiger partial charge in [0, 0.05) is 51.2 Å². The smallest absolute Gasteiger partial charge is 0.311 e. The van der Waals surface area contributed by atoms with Gasteiger partial charge >= 0.3 is 5.97 Å². The van der Waals surface area contributed by atoms with Gasteiger partial charge in [0.25, 0.3) is 0 Å². The molecule has 3 heterocycles. The van der Waals surface area contributed by atoms with E-state index in [1.54, 1.807) is 6.26 Å².